The third-order valence-corrected chi connectivity index (χ3v) is 5.09. The number of carbonyl (C=O) groups is 2. The van der Waals surface area contributed by atoms with Gasteiger partial charge in [-0.3, -0.25) is 14.9 Å². The van der Waals surface area contributed by atoms with Crippen molar-refractivity contribution >= 4 is 11.8 Å². The summed E-state index contributed by atoms with van der Waals surface area (Å²) >= 11 is 0. The Labute approximate surface area is 139 Å². The van der Waals surface area contributed by atoms with Crippen LogP contribution in [0.5, 0.6) is 0 Å². The summed E-state index contributed by atoms with van der Waals surface area (Å²) in [5.74, 6) is -3.33. The van der Waals surface area contributed by atoms with Crippen LogP contribution in [0.15, 0.2) is 12.2 Å². The van der Waals surface area contributed by atoms with Crippen LogP contribution in [0.4, 0.5) is 0 Å². The van der Waals surface area contributed by atoms with Crippen molar-refractivity contribution in [2.45, 2.75) is 50.3 Å². The molecule has 0 bridgehead atoms. The molecule has 0 radical (unpaired) electrons. The highest BCUT2D eigenvalue weighted by molar-refractivity contribution is 5.97. The lowest BCUT2D eigenvalue weighted by Gasteiger charge is -2.45. The van der Waals surface area contributed by atoms with Gasteiger partial charge in [0, 0.05) is 24.7 Å². The fraction of sp³-hybridized carbons (Fsp3) is 0.750. The summed E-state index contributed by atoms with van der Waals surface area (Å²) in [5, 5.41) is 23.9. The summed E-state index contributed by atoms with van der Waals surface area (Å²) in [6.45, 7) is 5.82. The maximum Gasteiger partial charge on any atom is 0.226 e. The van der Waals surface area contributed by atoms with E-state index < -0.39 is 41.8 Å². The second-order valence-corrected chi connectivity index (χ2v) is 6.63. The normalized spacial score (nSPS) is 41.5. The molecule has 0 aliphatic carbocycles. The number of ether oxygens (including phenoxy) is 3. The molecule has 134 valence electrons. The Kier molecular flexibility index (Phi) is 4.76. The van der Waals surface area contributed by atoms with E-state index >= 15 is 0 Å². The molecule has 8 nitrogen and oxygen atoms in total. The number of imide groups is 1. The van der Waals surface area contributed by atoms with Crippen molar-refractivity contribution in [2.24, 2.45) is 11.8 Å². The molecule has 3 fully saturated rings. The van der Waals surface area contributed by atoms with E-state index in [9.17, 15) is 19.8 Å². The van der Waals surface area contributed by atoms with E-state index in [1.807, 2.05) is 6.92 Å². The van der Waals surface area contributed by atoms with Crippen molar-refractivity contribution in [1.29, 1.82) is 0 Å². The van der Waals surface area contributed by atoms with E-state index in [0.29, 0.717) is 6.42 Å². The zero-order valence-corrected chi connectivity index (χ0v) is 13.6. The SMILES string of the molecule is C=C1CO[C@@](O)([C@H]2OCO[C@@H](C3CC(=O)NC(=O)C3)[C@H]2O)[C@H]1CC. The third-order valence-electron chi connectivity index (χ3n) is 5.09. The zero-order chi connectivity index (χ0) is 17.5. The predicted molar refractivity (Wildman–Crippen MR) is 80.3 cm³/mol. The van der Waals surface area contributed by atoms with Crippen molar-refractivity contribution in [3.63, 3.8) is 0 Å². The van der Waals surface area contributed by atoms with E-state index in [1.165, 1.54) is 0 Å². The molecule has 0 saturated carbocycles. The number of carbonyl (C=O) groups excluding carboxylic acids is 2. The molecule has 3 rings (SSSR count). The van der Waals surface area contributed by atoms with E-state index in [2.05, 4.69) is 11.9 Å². The molecule has 0 unspecified atom stereocenters. The molecule has 3 saturated heterocycles. The molecule has 2 amide bonds. The summed E-state index contributed by atoms with van der Waals surface area (Å²) in [6, 6.07) is 0. The van der Waals surface area contributed by atoms with Gasteiger partial charge in [-0.05, 0) is 12.0 Å². The second-order valence-electron chi connectivity index (χ2n) is 6.63. The summed E-state index contributed by atoms with van der Waals surface area (Å²) in [7, 11) is 0. The van der Waals surface area contributed by atoms with Gasteiger partial charge in [0.25, 0.3) is 0 Å². The van der Waals surface area contributed by atoms with Crippen LogP contribution in [-0.2, 0) is 23.8 Å². The van der Waals surface area contributed by atoms with Gasteiger partial charge in [-0.1, -0.05) is 13.5 Å². The monoisotopic (exact) mass is 341 g/mol. The van der Waals surface area contributed by atoms with Gasteiger partial charge in [0.2, 0.25) is 17.6 Å². The van der Waals surface area contributed by atoms with E-state index in [1.54, 1.807) is 0 Å². The molecule has 3 heterocycles. The highest BCUT2D eigenvalue weighted by atomic mass is 16.7. The number of amides is 2. The number of piperidine rings is 1. The molecule has 3 aliphatic heterocycles. The largest absolute Gasteiger partial charge is 0.387 e. The number of aliphatic hydroxyl groups excluding tert-OH is 1. The molecule has 3 N–H and O–H groups in total. The van der Waals surface area contributed by atoms with Crippen LogP contribution in [0.1, 0.15) is 26.2 Å². The van der Waals surface area contributed by atoms with Gasteiger partial charge in [0.05, 0.1) is 12.7 Å². The first-order chi connectivity index (χ1) is 11.4. The van der Waals surface area contributed by atoms with Crippen molar-refractivity contribution in [3.8, 4) is 0 Å². The van der Waals surface area contributed by atoms with E-state index in [4.69, 9.17) is 14.2 Å². The van der Waals surface area contributed by atoms with Crippen LogP contribution in [0.25, 0.3) is 0 Å². The van der Waals surface area contributed by atoms with Crippen LogP contribution in [-0.4, -0.2) is 59.5 Å². The molecule has 0 aromatic carbocycles. The average molecular weight is 341 g/mol. The Balaban J connectivity index is 1.80. The first-order valence-electron chi connectivity index (χ1n) is 8.14. The minimum atomic E-state index is -1.70. The minimum absolute atomic E-state index is 0.0728. The molecule has 0 spiro atoms. The highest BCUT2D eigenvalue weighted by Crippen LogP contribution is 2.42. The Bertz CT molecular complexity index is 535. The number of hydrogen-bond donors (Lipinski definition) is 3. The standard InChI is InChI=1S/C16H23NO7/c1-3-10-8(2)6-24-16(10,21)15-13(20)14(22-7-23-15)9-4-11(18)17-12(19)5-9/h9-10,13-15,20-21H,2-7H2,1H3,(H,17,18,19)/t10-,13+,14-,15-,16+/m0/s1. The quantitative estimate of drug-likeness (QED) is 0.466. The minimum Gasteiger partial charge on any atom is -0.387 e. The van der Waals surface area contributed by atoms with Gasteiger partial charge in [0.15, 0.2) is 0 Å². The molecule has 3 aliphatic rings. The van der Waals surface area contributed by atoms with E-state index in [-0.39, 0.29) is 32.2 Å². The maximum absolute atomic E-state index is 11.6. The predicted octanol–water partition coefficient (Wildman–Crippen LogP) is -0.557. The molecular weight excluding hydrogens is 318 g/mol. The van der Waals surface area contributed by atoms with Crippen molar-refractivity contribution < 1.29 is 34.0 Å². The lowest BCUT2D eigenvalue weighted by atomic mass is 9.80. The Morgan fingerprint density at radius 3 is 2.58 bits per heavy atom. The number of aliphatic hydroxyl groups is 2. The van der Waals surface area contributed by atoms with Crippen LogP contribution < -0.4 is 5.32 Å². The fourth-order valence-electron chi connectivity index (χ4n) is 3.94. The van der Waals surface area contributed by atoms with Crippen molar-refractivity contribution in [1.82, 2.24) is 5.32 Å². The third kappa shape index (κ3) is 2.89. The van der Waals surface area contributed by atoms with Gasteiger partial charge in [-0.25, -0.2) is 0 Å². The van der Waals surface area contributed by atoms with Crippen LogP contribution in [0.3, 0.4) is 0 Å². The summed E-state index contributed by atoms with van der Waals surface area (Å²) in [5.41, 5.74) is 0.742. The number of hydrogen-bond acceptors (Lipinski definition) is 7. The second kappa shape index (κ2) is 6.53. The lowest BCUT2D eigenvalue weighted by molar-refractivity contribution is -0.340. The Hall–Kier alpha value is -1.32. The maximum atomic E-state index is 11.6. The molecule has 5 atom stereocenters. The first kappa shape index (κ1) is 17.5. The number of rotatable bonds is 3. The fourth-order valence-corrected chi connectivity index (χ4v) is 3.94. The molecule has 8 heteroatoms. The van der Waals surface area contributed by atoms with Gasteiger partial charge in [-0.2, -0.15) is 0 Å². The van der Waals surface area contributed by atoms with Crippen LogP contribution in [0, 0.1) is 11.8 Å². The van der Waals surface area contributed by atoms with Gasteiger partial charge in [-0.15, -0.1) is 0 Å². The molecule has 24 heavy (non-hydrogen) atoms. The van der Waals surface area contributed by atoms with Crippen LogP contribution in [0.2, 0.25) is 0 Å². The topological polar surface area (TPSA) is 114 Å². The van der Waals surface area contributed by atoms with E-state index in [0.717, 1.165) is 5.57 Å². The van der Waals surface area contributed by atoms with Gasteiger partial charge < -0.3 is 24.4 Å². The summed E-state index contributed by atoms with van der Waals surface area (Å²) < 4.78 is 16.4. The number of nitrogens with one attached hydrogen (secondary N) is 1. The highest BCUT2D eigenvalue weighted by Gasteiger charge is 2.57. The van der Waals surface area contributed by atoms with Crippen molar-refractivity contribution in [3.05, 3.63) is 12.2 Å². The van der Waals surface area contributed by atoms with Gasteiger partial charge >= 0.3 is 0 Å². The Morgan fingerprint density at radius 1 is 1.29 bits per heavy atom. The molecular formula is C16H23NO7. The molecule has 0 aromatic rings. The summed E-state index contributed by atoms with van der Waals surface area (Å²) in [4.78, 5) is 23.2. The summed E-state index contributed by atoms with van der Waals surface area (Å²) in [6.07, 6.45) is -2.34. The Morgan fingerprint density at radius 2 is 1.96 bits per heavy atom. The van der Waals surface area contributed by atoms with Crippen LogP contribution >= 0.6 is 0 Å². The average Bonchev–Trinajstić information content (AvgIpc) is 2.82. The zero-order valence-electron chi connectivity index (χ0n) is 13.6. The first-order valence-corrected chi connectivity index (χ1v) is 8.14. The van der Waals surface area contributed by atoms with Crippen molar-refractivity contribution in [2.75, 3.05) is 13.4 Å². The van der Waals surface area contributed by atoms with Gasteiger partial charge in [0.1, 0.15) is 19.0 Å². The molecule has 0 aromatic heterocycles. The lowest BCUT2D eigenvalue weighted by Crippen LogP contribution is -2.62. The smallest absolute Gasteiger partial charge is 0.226 e.